The van der Waals surface area contributed by atoms with Gasteiger partial charge in [0.25, 0.3) is 0 Å². The molecule has 0 bridgehead atoms. The van der Waals surface area contributed by atoms with E-state index in [1.165, 1.54) is 0 Å². The fourth-order valence-corrected chi connectivity index (χ4v) is 4.38. The van der Waals surface area contributed by atoms with Crippen LogP contribution in [0.5, 0.6) is 0 Å². The lowest BCUT2D eigenvalue weighted by atomic mass is 9.99. The Hall–Kier alpha value is -0.680. The number of aliphatic hydroxyl groups is 10. The average molecular weight is 562 g/mol. The molecule has 15 atom stereocenters. The molecule has 12 N–H and O–H groups in total. The first kappa shape index (κ1) is 31.8. The first-order valence-electron chi connectivity index (χ1n) is 12.3. The fraction of sp³-hybridized carbons (Fsp3) is 1.00. The van der Waals surface area contributed by atoms with Crippen LogP contribution >= 0.6 is 0 Å². The van der Waals surface area contributed by atoms with Gasteiger partial charge in [-0.05, 0) is 13.0 Å². The van der Waals surface area contributed by atoms with Crippen LogP contribution in [-0.4, -0.2) is 176 Å². The van der Waals surface area contributed by atoms with Gasteiger partial charge in [0.2, 0.25) is 0 Å². The third kappa shape index (κ3) is 6.96. The molecule has 17 heteroatoms. The highest BCUT2D eigenvalue weighted by atomic mass is 16.8. The third-order valence-electron chi connectivity index (χ3n) is 6.66. The second kappa shape index (κ2) is 14.3. The van der Waals surface area contributed by atoms with E-state index in [4.69, 9.17) is 39.3 Å². The van der Waals surface area contributed by atoms with E-state index in [1.54, 1.807) is 0 Å². The molecule has 0 spiro atoms. The van der Waals surface area contributed by atoms with Crippen LogP contribution in [0, 0.1) is 0 Å². The van der Waals surface area contributed by atoms with Crippen LogP contribution in [0.3, 0.4) is 0 Å². The summed E-state index contributed by atoms with van der Waals surface area (Å²) >= 11 is 0. The highest BCUT2D eigenvalue weighted by Crippen LogP contribution is 2.31. The number of aliphatic hydroxyl groups excluding tert-OH is 10. The van der Waals surface area contributed by atoms with E-state index in [2.05, 4.69) is 0 Å². The number of hydrogen-bond acceptors (Lipinski definition) is 17. The highest BCUT2D eigenvalue weighted by Gasteiger charge is 2.52. The maximum atomic E-state index is 10.5. The van der Waals surface area contributed by atoms with Crippen molar-refractivity contribution in [3.05, 3.63) is 0 Å². The largest absolute Gasteiger partial charge is 0.394 e. The van der Waals surface area contributed by atoms with Crippen molar-refractivity contribution in [3.8, 4) is 0 Å². The first-order valence-corrected chi connectivity index (χ1v) is 12.3. The van der Waals surface area contributed by atoms with Crippen LogP contribution in [-0.2, 0) is 28.4 Å². The number of hydrogen-bond donors (Lipinski definition) is 11. The number of rotatable bonds is 13. The van der Waals surface area contributed by atoms with Crippen LogP contribution < -0.4 is 5.73 Å². The number of ether oxygens (including phenoxy) is 6. The van der Waals surface area contributed by atoms with Gasteiger partial charge in [0.1, 0.15) is 73.2 Å². The molecule has 3 saturated heterocycles. The smallest absolute Gasteiger partial charge is 0.187 e. The van der Waals surface area contributed by atoms with Gasteiger partial charge in [-0.3, -0.25) is 0 Å². The average Bonchev–Trinajstić information content (AvgIpc) is 3.35. The van der Waals surface area contributed by atoms with E-state index in [9.17, 15) is 46.0 Å². The molecule has 38 heavy (non-hydrogen) atoms. The van der Waals surface area contributed by atoms with E-state index in [0.717, 1.165) is 0 Å². The van der Waals surface area contributed by atoms with Crippen LogP contribution in [0.1, 0.15) is 6.42 Å². The zero-order valence-corrected chi connectivity index (χ0v) is 20.4. The van der Waals surface area contributed by atoms with Crippen LogP contribution in [0.4, 0.5) is 0 Å². The Morgan fingerprint density at radius 1 is 0.658 bits per heavy atom. The summed E-state index contributed by atoms with van der Waals surface area (Å²) in [7, 11) is 0. The maximum absolute atomic E-state index is 10.5. The number of nitrogens with two attached hydrogens (primary N) is 1. The molecule has 0 unspecified atom stereocenters. The molecule has 0 aromatic rings. The summed E-state index contributed by atoms with van der Waals surface area (Å²) in [5.41, 5.74) is 5.40. The van der Waals surface area contributed by atoms with Gasteiger partial charge in [-0.15, -0.1) is 0 Å². The lowest BCUT2D eigenvalue weighted by molar-refractivity contribution is -0.311. The molecule has 0 aliphatic carbocycles. The van der Waals surface area contributed by atoms with Crippen LogP contribution in [0.2, 0.25) is 0 Å². The van der Waals surface area contributed by atoms with Gasteiger partial charge in [-0.2, -0.15) is 0 Å². The Balaban J connectivity index is 1.58. The molecule has 0 aromatic carbocycles. The van der Waals surface area contributed by atoms with Crippen LogP contribution in [0.15, 0.2) is 0 Å². The zero-order valence-electron chi connectivity index (χ0n) is 20.4. The van der Waals surface area contributed by atoms with E-state index >= 15 is 0 Å². The Bertz CT molecular complexity index is 708. The predicted octanol–water partition coefficient (Wildman–Crippen LogP) is -7.20. The molecule has 0 radical (unpaired) electrons. The summed E-state index contributed by atoms with van der Waals surface area (Å²) in [4.78, 5) is 0. The molecule has 3 heterocycles. The van der Waals surface area contributed by atoms with Crippen molar-refractivity contribution in [2.24, 2.45) is 5.73 Å². The van der Waals surface area contributed by atoms with Gasteiger partial charge < -0.3 is 85.2 Å². The molecule has 0 saturated carbocycles. The molecular weight excluding hydrogens is 522 g/mol. The quantitative estimate of drug-likeness (QED) is 0.0931. The van der Waals surface area contributed by atoms with Crippen molar-refractivity contribution in [1.82, 2.24) is 0 Å². The van der Waals surface area contributed by atoms with Gasteiger partial charge in [-0.1, -0.05) is 0 Å². The van der Waals surface area contributed by atoms with Crippen molar-refractivity contribution in [2.75, 3.05) is 33.0 Å². The van der Waals surface area contributed by atoms with Crippen molar-refractivity contribution in [2.45, 2.75) is 98.5 Å². The molecule has 17 nitrogen and oxygen atoms in total. The molecular formula is C21H39NO16. The van der Waals surface area contributed by atoms with E-state index in [1.807, 2.05) is 0 Å². The first-order chi connectivity index (χ1) is 18.0. The second-order valence-electron chi connectivity index (χ2n) is 9.37. The monoisotopic (exact) mass is 561 g/mol. The standard InChI is InChI=1S/C21H39NO16/c22-2-1-3-33-19-14(30)11(27)10(26)9(36-19)6-34-20-15(31)13(29)18(38-20)8(5-24)35-21-16(32)12(28)17(37-21)7(25)4-23/h7-21,23-32H,1-6,22H2/t7-,8-,9-,10-,11+,12-,13-,14+,15-,16-,17+,18+,19+,20-,21-/m1/s1. The van der Waals surface area contributed by atoms with Gasteiger partial charge >= 0.3 is 0 Å². The summed E-state index contributed by atoms with van der Waals surface area (Å²) < 4.78 is 32.4. The lowest BCUT2D eigenvalue weighted by Crippen LogP contribution is -2.59. The molecule has 224 valence electrons. The maximum Gasteiger partial charge on any atom is 0.187 e. The molecule has 3 aliphatic heterocycles. The van der Waals surface area contributed by atoms with E-state index < -0.39 is 112 Å². The van der Waals surface area contributed by atoms with E-state index in [-0.39, 0.29) is 6.61 Å². The minimum Gasteiger partial charge on any atom is -0.394 e. The normalized spacial score (nSPS) is 45.4. The summed E-state index contributed by atoms with van der Waals surface area (Å²) in [5, 5.41) is 100. The Labute approximate surface area is 217 Å². The van der Waals surface area contributed by atoms with Crippen molar-refractivity contribution in [3.63, 3.8) is 0 Å². The van der Waals surface area contributed by atoms with Gasteiger partial charge in [0, 0.05) is 0 Å². The Morgan fingerprint density at radius 3 is 1.87 bits per heavy atom. The fourth-order valence-electron chi connectivity index (χ4n) is 4.38. The molecule has 0 amide bonds. The molecule has 3 rings (SSSR count). The van der Waals surface area contributed by atoms with Crippen molar-refractivity contribution >= 4 is 0 Å². The van der Waals surface area contributed by atoms with Crippen molar-refractivity contribution < 1.29 is 79.5 Å². The lowest BCUT2D eigenvalue weighted by Gasteiger charge is -2.40. The summed E-state index contributed by atoms with van der Waals surface area (Å²) in [6.45, 7) is -1.61. The highest BCUT2D eigenvalue weighted by molar-refractivity contribution is 4.95. The van der Waals surface area contributed by atoms with Crippen LogP contribution in [0.25, 0.3) is 0 Å². The van der Waals surface area contributed by atoms with Crippen molar-refractivity contribution in [1.29, 1.82) is 0 Å². The SMILES string of the molecule is NCCCO[C@H]1O[C@H](CO[C@@H]2O[C@@H]([C@@H](CO)O[C@@H]3O[C@@H]([C@H](O)CO)[C@H](O)[C@H]3O)[C@H](O)[C@H]2O)[C@@H](O)[C@H](O)[C@@H]1O. The predicted molar refractivity (Wildman–Crippen MR) is 119 cm³/mol. The summed E-state index contributed by atoms with van der Waals surface area (Å²) in [5.74, 6) is 0. The molecule has 3 aliphatic rings. The topological polar surface area (TPSA) is 284 Å². The van der Waals surface area contributed by atoms with Gasteiger partial charge in [0.15, 0.2) is 18.9 Å². The van der Waals surface area contributed by atoms with Gasteiger partial charge in [0.05, 0.1) is 26.4 Å². The minimum atomic E-state index is -1.68. The van der Waals surface area contributed by atoms with E-state index in [0.29, 0.717) is 13.0 Å². The Morgan fingerprint density at radius 2 is 1.24 bits per heavy atom. The summed E-state index contributed by atoms with van der Waals surface area (Å²) in [6.07, 6.45) is -22.4. The van der Waals surface area contributed by atoms with Gasteiger partial charge in [-0.25, -0.2) is 0 Å². The summed E-state index contributed by atoms with van der Waals surface area (Å²) in [6, 6.07) is 0. The third-order valence-corrected chi connectivity index (χ3v) is 6.66. The Kier molecular flexibility index (Phi) is 12.0. The second-order valence-corrected chi connectivity index (χ2v) is 9.37. The zero-order chi connectivity index (χ0) is 28.1. The molecule has 3 fully saturated rings. The minimum absolute atomic E-state index is 0.117. The molecule has 0 aromatic heterocycles.